The van der Waals surface area contributed by atoms with E-state index < -0.39 is 36.5 Å². The van der Waals surface area contributed by atoms with Gasteiger partial charge in [-0.25, -0.2) is 18.7 Å². The van der Waals surface area contributed by atoms with Crippen molar-refractivity contribution >= 4 is 23.2 Å². The Morgan fingerprint density at radius 3 is 2.82 bits per heavy atom. The van der Waals surface area contributed by atoms with Crippen LogP contribution in [0.2, 0.25) is 0 Å². The average molecular weight is 483 g/mol. The van der Waals surface area contributed by atoms with Crippen molar-refractivity contribution in [1.82, 2.24) is 30.1 Å². The molecule has 0 aliphatic heterocycles. The second-order valence-corrected chi connectivity index (χ2v) is 8.73. The molecule has 2 aliphatic rings. The molecule has 0 radical (unpaired) electrons. The summed E-state index contributed by atoms with van der Waals surface area (Å²) in [5.41, 5.74) is 0.466. The third-order valence-corrected chi connectivity index (χ3v) is 6.00. The maximum atomic E-state index is 15.0. The van der Waals surface area contributed by atoms with E-state index in [9.17, 15) is 18.0 Å². The molecule has 3 N–H and O–H groups in total. The second-order valence-electron chi connectivity index (χ2n) is 8.73. The maximum absolute atomic E-state index is 15.0. The Labute approximate surface area is 190 Å². The number of amides is 1. The Morgan fingerprint density at radius 1 is 1.29 bits per heavy atom. The highest BCUT2D eigenvalue weighted by Crippen LogP contribution is 2.39. The lowest BCUT2D eigenvalue weighted by Crippen LogP contribution is -2.38. The minimum atomic E-state index is -4.88. The summed E-state index contributed by atoms with van der Waals surface area (Å²) in [6, 6.07) is 2.67. The van der Waals surface area contributed by atoms with Crippen LogP contribution in [-0.4, -0.2) is 55.1 Å². The van der Waals surface area contributed by atoms with E-state index in [1.807, 2.05) is 6.92 Å². The van der Waals surface area contributed by atoms with Crippen LogP contribution in [0.15, 0.2) is 24.5 Å². The molecule has 182 valence electrons. The first-order chi connectivity index (χ1) is 16.1. The first kappa shape index (κ1) is 22.2. The third-order valence-electron chi connectivity index (χ3n) is 6.00. The lowest BCUT2D eigenvalue weighted by atomic mass is 10.0. The van der Waals surface area contributed by atoms with Gasteiger partial charge in [0.15, 0.2) is 11.6 Å². The molecule has 3 aromatic rings. The van der Waals surface area contributed by atoms with Crippen LogP contribution in [-0.2, 0) is 4.74 Å². The molecule has 1 amide bonds. The van der Waals surface area contributed by atoms with E-state index in [4.69, 9.17) is 4.74 Å². The number of H-pyrrole nitrogens is 1. The van der Waals surface area contributed by atoms with Crippen LogP contribution < -0.4 is 15.4 Å². The van der Waals surface area contributed by atoms with Crippen LogP contribution in [0.3, 0.4) is 0 Å². The number of hydrogen-bond acceptors (Lipinski definition) is 7. The lowest BCUT2D eigenvalue weighted by molar-refractivity contribution is -0.276. The van der Waals surface area contributed by atoms with Crippen LogP contribution >= 0.6 is 0 Å². The zero-order chi connectivity index (χ0) is 24.1. The SMILES string of the molecule is CC1(NC(=O)O[C@@H]2CC[C@H](c3cc(Nc4nccn5nc(OC(F)(F)F)cc45)n[nH]3)[C@@H]2F)CC1. The topological polar surface area (TPSA) is 118 Å². The molecule has 3 atom stereocenters. The van der Waals surface area contributed by atoms with Crippen molar-refractivity contribution < 1.29 is 31.8 Å². The van der Waals surface area contributed by atoms with Crippen molar-refractivity contribution in [2.75, 3.05) is 5.32 Å². The minimum absolute atomic E-state index is 0.180. The zero-order valence-corrected chi connectivity index (χ0v) is 17.9. The summed E-state index contributed by atoms with van der Waals surface area (Å²) >= 11 is 0. The van der Waals surface area contributed by atoms with Crippen LogP contribution in [0.1, 0.15) is 44.2 Å². The van der Waals surface area contributed by atoms with Crippen molar-refractivity contribution in [2.24, 2.45) is 0 Å². The van der Waals surface area contributed by atoms with Gasteiger partial charge in [-0.1, -0.05) is 0 Å². The van der Waals surface area contributed by atoms with E-state index in [1.165, 1.54) is 16.9 Å². The van der Waals surface area contributed by atoms with E-state index in [-0.39, 0.29) is 22.7 Å². The molecule has 3 heterocycles. The highest BCUT2D eigenvalue weighted by atomic mass is 19.4. The third kappa shape index (κ3) is 4.70. The van der Waals surface area contributed by atoms with E-state index >= 15 is 4.39 Å². The van der Waals surface area contributed by atoms with Gasteiger partial charge in [0, 0.05) is 41.7 Å². The van der Waals surface area contributed by atoms with Crippen LogP contribution in [0.4, 0.5) is 34.0 Å². The number of ether oxygens (including phenoxy) is 2. The van der Waals surface area contributed by atoms with Gasteiger partial charge in [-0.05, 0) is 32.6 Å². The summed E-state index contributed by atoms with van der Waals surface area (Å²) in [6.07, 6.45) is -2.49. The minimum Gasteiger partial charge on any atom is -0.443 e. The molecule has 0 aromatic carbocycles. The number of nitrogens with one attached hydrogen (secondary N) is 3. The molecule has 2 aliphatic carbocycles. The molecule has 0 bridgehead atoms. The molecule has 34 heavy (non-hydrogen) atoms. The fraction of sp³-hybridized carbons (Fsp3) is 0.500. The van der Waals surface area contributed by atoms with Crippen molar-refractivity contribution in [2.45, 2.75) is 62.7 Å². The maximum Gasteiger partial charge on any atom is 0.574 e. The molecule has 10 nitrogen and oxygen atoms in total. The van der Waals surface area contributed by atoms with Crippen LogP contribution in [0.5, 0.6) is 5.88 Å². The first-order valence-electron chi connectivity index (χ1n) is 10.6. The fourth-order valence-corrected chi connectivity index (χ4v) is 3.97. The van der Waals surface area contributed by atoms with Crippen molar-refractivity contribution in [3.05, 3.63) is 30.2 Å². The number of hydrogen-bond donors (Lipinski definition) is 3. The van der Waals surface area contributed by atoms with Crippen LogP contribution in [0, 0.1) is 0 Å². The smallest absolute Gasteiger partial charge is 0.443 e. The monoisotopic (exact) mass is 483 g/mol. The first-order valence-corrected chi connectivity index (χ1v) is 10.6. The summed E-state index contributed by atoms with van der Waals surface area (Å²) in [4.78, 5) is 16.1. The summed E-state index contributed by atoms with van der Waals surface area (Å²) in [7, 11) is 0. The number of aromatic nitrogens is 5. The number of rotatable bonds is 6. The van der Waals surface area contributed by atoms with Gasteiger partial charge in [0.25, 0.3) is 0 Å². The number of carbonyl (C=O) groups is 1. The molecule has 0 spiro atoms. The number of alkyl carbamates (subject to hydrolysis) is 1. The number of alkyl halides is 4. The zero-order valence-electron chi connectivity index (χ0n) is 17.9. The molecule has 2 fully saturated rings. The predicted octanol–water partition coefficient (Wildman–Crippen LogP) is 3.96. The number of anilines is 2. The van der Waals surface area contributed by atoms with E-state index in [0.717, 1.165) is 18.9 Å². The Bertz CT molecular complexity index is 1210. The Morgan fingerprint density at radius 2 is 2.09 bits per heavy atom. The molecular weight excluding hydrogens is 462 g/mol. The number of halogens is 4. The highest BCUT2D eigenvalue weighted by Gasteiger charge is 2.43. The average Bonchev–Trinajstić information content (AvgIpc) is 3.10. The summed E-state index contributed by atoms with van der Waals surface area (Å²) < 4.78 is 62.8. The van der Waals surface area contributed by atoms with Gasteiger partial charge in [0.1, 0.15) is 17.8 Å². The van der Waals surface area contributed by atoms with Crippen LogP contribution in [0.25, 0.3) is 5.52 Å². The summed E-state index contributed by atoms with van der Waals surface area (Å²) in [5.74, 6) is -0.725. The standard InChI is InChI=1S/C20H21F4N7O3/c1-19(4-5-19)27-18(32)33-13-3-2-10(16(13)21)11-8-14(29-28-11)26-17-12-9-15(34-20(22,23)24)30-31(12)7-6-25-17/h6-10,13,16H,2-5H2,1H3,(H,27,32)(H2,25,26,28,29)/t10-,13-,16+/m1/s1. The van der Waals surface area contributed by atoms with Crippen molar-refractivity contribution in [3.8, 4) is 5.88 Å². The van der Waals surface area contributed by atoms with Gasteiger partial charge in [-0.2, -0.15) is 5.10 Å². The Hall–Kier alpha value is -3.58. The summed E-state index contributed by atoms with van der Waals surface area (Å²) in [5, 5.41) is 16.2. The van der Waals surface area contributed by atoms with Crippen molar-refractivity contribution in [1.29, 1.82) is 0 Å². The van der Waals surface area contributed by atoms with Gasteiger partial charge in [0.2, 0.25) is 5.88 Å². The van der Waals surface area contributed by atoms with E-state index in [0.29, 0.717) is 18.5 Å². The lowest BCUT2D eigenvalue weighted by Gasteiger charge is -2.19. The molecule has 14 heteroatoms. The number of nitrogens with zero attached hydrogens (tertiary/aromatic N) is 4. The molecule has 3 aromatic heterocycles. The number of carbonyl (C=O) groups excluding carboxylic acids is 1. The Kier molecular flexibility index (Phi) is 5.24. The molecule has 0 saturated heterocycles. The van der Waals surface area contributed by atoms with Gasteiger partial charge in [-0.3, -0.25) is 5.10 Å². The van der Waals surface area contributed by atoms with Gasteiger partial charge >= 0.3 is 12.5 Å². The summed E-state index contributed by atoms with van der Waals surface area (Å²) in [6.45, 7) is 1.90. The Balaban J connectivity index is 1.25. The fourth-order valence-electron chi connectivity index (χ4n) is 3.97. The van der Waals surface area contributed by atoms with Crippen molar-refractivity contribution in [3.63, 3.8) is 0 Å². The molecular formula is C20H21F4N7O3. The normalized spacial score (nSPS) is 23.6. The second kappa shape index (κ2) is 8.02. The quantitative estimate of drug-likeness (QED) is 0.454. The number of fused-ring (bicyclic) bond motifs is 1. The molecule has 2 saturated carbocycles. The predicted molar refractivity (Wildman–Crippen MR) is 109 cm³/mol. The molecule has 5 rings (SSSR count). The highest BCUT2D eigenvalue weighted by molar-refractivity contribution is 5.73. The van der Waals surface area contributed by atoms with E-state index in [1.54, 1.807) is 6.07 Å². The largest absolute Gasteiger partial charge is 0.574 e. The number of aromatic amines is 1. The van der Waals surface area contributed by atoms with Gasteiger partial charge in [0.05, 0.1) is 0 Å². The van der Waals surface area contributed by atoms with Gasteiger partial charge < -0.3 is 20.1 Å². The van der Waals surface area contributed by atoms with Gasteiger partial charge in [-0.15, -0.1) is 18.3 Å². The van der Waals surface area contributed by atoms with E-state index in [2.05, 4.69) is 35.7 Å². The molecule has 0 unspecified atom stereocenters.